The molecule has 0 aromatic rings. The zero-order valence-corrected chi connectivity index (χ0v) is 8.96. The summed E-state index contributed by atoms with van der Waals surface area (Å²) in [6, 6.07) is 0. The monoisotopic (exact) mass is 200 g/mol. The van der Waals surface area contributed by atoms with Crippen LogP contribution in [0.25, 0.3) is 0 Å². The molecule has 0 unspecified atom stereocenters. The van der Waals surface area contributed by atoms with Crippen LogP contribution in [-0.2, 0) is 14.3 Å². The lowest BCUT2D eigenvalue weighted by atomic mass is 10.1. The zero-order chi connectivity index (χ0) is 10.6. The second-order valence-corrected chi connectivity index (χ2v) is 3.41. The number of carbonyl (C=O) groups excluding carboxylic acids is 2. The Morgan fingerprint density at radius 1 is 1.07 bits per heavy atom. The Bertz CT molecular complexity index is 155. The number of carbonyl (C=O) groups is 2. The smallest absolute Gasteiger partial charge is 0.371 e. The van der Waals surface area contributed by atoms with Crippen molar-refractivity contribution in [3.63, 3.8) is 0 Å². The molecule has 0 aliphatic rings. The van der Waals surface area contributed by atoms with Crippen molar-refractivity contribution in [2.45, 2.75) is 51.9 Å². The number of ether oxygens (including phenoxy) is 1. The van der Waals surface area contributed by atoms with E-state index in [1.165, 1.54) is 32.1 Å². The summed E-state index contributed by atoms with van der Waals surface area (Å²) in [5.41, 5.74) is 0. The van der Waals surface area contributed by atoms with Crippen LogP contribution in [0.15, 0.2) is 0 Å². The molecule has 0 amide bonds. The lowest BCUT2D eigenvalue weighted by Crippen LogP contribution is -2.06. The van der Waals surface area contributed by atoms with Gasteiger partial charge in [-0.2, -0.15) is 0 Å². The van der Waals surface area contributed by atoms with Gasteiger partial charge < -0.3 is 4.74 Å². The normalized spacial score (nSPS) is 9.79. The lowest BCUT2D eigenvalue weighted by molar-refractivity contribution is -0.148. The number of hydrogen-bond acceptors (Lipinski definition) is 3. The summed E-state index contributed by atoms with van der Waals surface area (Å²) in [5.74, 6) is -0.754. The molecule has 0 saturated heterocycles. The van der Waals surface area contributed by atoms with Gasteiger partial charge in [0.1, 0.15) is 0 Å². The molecule has 0 bridgehead atoms. The van der Waals surface area contributed by atoms with Gasteiger partial charge in [-0.05, 0) is 6.42 Å². The molecular formula is C11H20O3. The van der Waals surface area contributed by atoms with Crippen molar-refractivity contribution in [3.8, 4) is 0 Å². The van der Waals surface area contributed by atoms with Crippen LogP contribution in [0.3, 0.4) is 0 Å². The molecule has 0 aliphatic carbocycles. The van der Waals surface area contributed by atoms with Crippen molar-refractivity contribution in [2.75, 3.05) is 6.61 Å². The van der Waals surface area contributed by atoms with Gasteiger partial charge in [-0.25, -0.2) is 4.79 Å². The summed E-state index contributed by atoms with van der Waals surface area (Å²) in [7, 11) is 0. The predicted molar refractivity (Wildman–Crippen MR) is 55.0 cm³/mol. The van der Waals surface area contributed by atoms with E-state index in [1.54, 1.807) is 0 Å². The third kappa shape index (κ3) is 9.23. The summed E-state index contributed by atoms with van der Waals surface area (Å²) in [6.45, 7) is 2.57. The summed E-state index contributed by atoms with van der Waals surface area (Å²) in [5, 5.41) is 0. The predicted octanol–water partition coefficient (Wildman–Crippen LogP) is 2.48. The molecule has 0 aliphatic heterocycles. The Morgan fingerprint density at radius 3 is 2.21 bits per heavy atom. The van der Waals surface area contributed by atoms with Crippen LogP contribution < -0.4 is 0 Å². The summed E-state index contributed by atoms with van der Waals surface area (Å²) < 4.78 is 4.61. The second-order valence-electron chi connectivity index (χ2n) is 3.41. The second kappa shape index (κ2) is 10.2. The molecule has 0 aromatic heterocycles. The minimum absolute atomic E-state index is 0.210. The van der Waals surface area contributed by atoms with E-state index < -0.39 is 5.97 Å². The number of rotatable bonds is 9. The zero-order valence-electron chi connectivity index (χ0n) is 8.96. The average Bonchev–Trinajstić information content (AvgIpc) is 2.21. The first kappa shape index (κ1) is 13.1. The minimum atomic E-state index is -0.754. The van der Waals surface area contributed by atoms with Crippen molar-refractivity contribution >= 4 is 12.3 Å². The number of esters is 1. The minimum Gasteiger partial charge on any atom is -0.460 e. The standard InChI is InChI=1S/C11H20O3/c1-2-3-4-5-6-7-8-9-14-11(13)10-12/h10H,2-9H2,1H3. The fourth-order valence-electron chi connectivity index (χ4n) is 1.27. The fourth-order valence-corrected chi connectivity index (χ4v) is 1.27. The van der Waals surface area contributed by atoms with Gasteiger partial charge in [-0.15, -0.1) is 0 Å². The van der Waals surface area contributed by atoms with E-state index in [0.29, 0.717) is 6.61 Å². The first-order valence-corrected chi connectivity index (χ1v) is 5.43. The van der Waals surface area contributed by atoms with E-state index in [4.69, 9.17) is 0 Å². The van der Waals surface area contributed by atoms with Gasteiger partial charge in [-0.3, -0.25) is 4.79 Å². The van der Waals surface area contributed by atoms with Gasteiger partial charge in [0.15, 0.2) is 0 Å². The van der Waals surface area contributed by atoms with E-state index >= 15 is 0 Å². The van der Waals surface area contributed by atoms with Crippen LogP contribution in [-0.4, -0.2) is 18.9 Å². The molecule has 0 saturated carbocycles. The van der Waals surface area contributed by atoms with E-state index in [0.717, 1.165) is 12.8 Å². The Morgan fingerprint density at radius 2 is 1.64 bits per heavy atom. The van der Waals surface area contributed by atoms with Crippen molar-refractivity contribution < 1.29 is 14.3 Å². The fraction of sp³-hybridized carbons (Fsp3) is 0.818. The van der Waals surface area contributed by atoms with Crippen LogP contribution in [0.5, 0.6) is 0 Å². The van der Waals surface area contributed by atoms with E-state index in [9.17, 15) is 9.59 Å². The highest BCUT2D eigenvalue weighted by Crippen LogP contribution is 2.06. The first-order valence-electron chi connectivity index (χ1n) is 5.43. The van der Waals surface area contributed by atoms with E-state index in [1.807, 2.05) is 0 Å². The summed E-state index contributed by atoms with van der Waals surface area (Å²) in [6.07, 6.45) is 8.47. The quantitative estimate of drug-likeness (QED) is 0.248. The molecule has 82 valence electrons. The van der Waals surface area contributed by atoms with Gasteiger partial charge in [0.2, 0.25) is 6.29 Å². The van der Waals surface area contributed by atoms with Crippen molar-refractivity contribution in [2.24, 2.45) is 0 Å². The van der Waals surface area contributed by atoms with E-state index in [-0.39, 0.29) is 6.29 Å². The molecule has 0 fully saturated rings. The van der Waals surface area contributed by atoms with Crippen molar-refractivity contribution in [1.82, 2.24) is 0 Å². The molecule has 0 aromatic carbocycles. The molecule has 3 heteroatoms. The highest BCUT2D eigenvalue weighted by atomic mass is 16.5. The van der Waals surface area contributed by atoms with Gasteiger partial charge in [-0.1, -0.05) is 45.4 Å². The third-order valence-electron chi connectivity index (χ3n) is 2.09. The number of hydrogen-bond donors (Lipinski definition) is 0. The van der Waals surface area contributed by atoms with Crippen molar-refractivity contribution in [1.29, 1.82) is 0 Å². The molecule has 0 spiro atoms. The maximum absolute atomic E-state index is 10.4. The Labute approximate surface area is 85.8 Å². The molecule has 0 atom stereocenters. The SMILES string of the molecule is CCCCCCCCCOC(=O)C=O. The van der Waals surface area contributed by atoms with Crippen LogP contribution in [0.4, 0.5) is 0 Å². The maximum atomic E-state index is 10.4. The Balaban J connectivity index is 2.99. The Hall–Kier alpha value is -0.860. The number of aldehydes is 1. The van der Waals surface area contributed by atoms with Gasteiger partial charge in [0, 0.05) is 0 Å². The topological polar surface area (TPSA) is 43.4 Å². The Kier molecular flexibility index (Phi) is 9.59. The maximum Gasteiger partial charge on any atom is 0.371 e. The highest BCUT2D eigenvalue weighted by molar-refractivity contribution is 6.20. The molecule has 0 radical (unpaired) electrons. The molecule has 0 heterocycles. The van der Waals surface area contributed by atoms with Crippen LogP contribution >= 0.6 is 0 Å². The lowest BCUT2D eigenvalue weighted by Gasteiger charge is -2.01. The molecule has 14 heavy (non-hydrogen) atoms. The molecule has 0 rings (SSSR count). The van der Waals surface area contributed by atoms with Crippen LogP contribution in [0.2, 0.25) is 0 Å². The van der Waals surface area contributed by atoms with Gasteiger partial charge in [0.25, 0.3) is 0 Å². The highest BCUT2D eigenvalue weighted by Gasteiger charge is 1.97. The van der Waals surface area contributed by atoms with Crippen LogP contribution in [0, 0.1) is 0 Å². The van der Waals surface area contributed by atoms with Crippen LogP contribution in [0.1, 0.15) is 51.9 Å². The van der Waals surface area contributed by atoms with E-state index in [2.05, 4.69) is 11.7 Å². The van der Waals surface area contributed by atoms with Gasteiger partial charge >= 0.3 is 5.97 Å². The largest absolute Gasteiger partial charge is 0.460 e. The molecular weight excluding hydrogens is 180 g/mol. The van der Waals surface area contributed by atoms with Gasteiger partial charge in [0.05, 0.1) is 6.61 Å². The molecule has 0 N–H and O–H groups in total. The third-order valence-corrected chi connectivity index (χ3v) is 2.09. The van der Waals surface area contributed by atoms with Crippen molar-refractivity contribution in [3.05, 3.63) is 0 Å². The first-order chi connectivity index (χ1) is 6.81. The summed E-state index contributed by atoms with van der Waals surface area (Å²) >= 11 is 0. The molecule has 3 nitrogen and oxygen atoms in total. The average molecular weight is 200 g/mol. The summed E-state index contributed by atoms with van der Waals surface area (Å²) in [4.78, 5) is 20.3. The number of unbranched alkanes of at least 4 members (excludes halogenated alkanes) is 6.